The predicted octanol–water partition coefficient (Wildman–Crippen LogP) is 3.09. The van der Waals surface area contributed by atoms with Crippen molar-refractivity contribution >= 4 is 0 Å². The van der Waals surface area contributed by atoms with Crippen molar-refractivity contribution in [1.82, 2.24) is 0 Å². The van der Waals surface area contributed by atoms with E-state index in [1.54, 1.807) is 12.1 Å². The summed E-state index contributed by atoms with van der Waals surface area (Å²) in [5.74, 6) is 0.329. The van der Waals surface area contributed by atoms with Gasteiger partial charge in [-0.3, -0.25) is 0 Å². The summed E-state index contributed by atoms with van der Waals surface area (Å²) >= 11 is 0. The molecule has 1 unspecified atom stereocenters. The van der Waals surface area contributed by atoms with Crippen LogP contribution < -0.4 is 5.73 Å². The fourth-order valence-electron chi connectivity index (χ4n) is 1.62. The second-order valence-corrected chi connectivity index (χ2v) is 5.53. The van der Waals surface area contributed by atoms with Crippen LogP contribution in [-0.4, -0.2) is 11.1 Å². The van der Waals surface area contributed by atoms with Gasteiger partial charge in [0.15, 0.2) is 0 Å². The molecule has 1 aromatic carbocycles. The van der Waals surface area contributed by atoms with E-state index in [9.17, 15) is 0 Å². The van der Waals surface area contributed by atoms with Crippen molar-refractivity contribution in [3.8, 4) is 5.75 Å². The Morgan fingerprint density at radius 1 is 1.19 bits per heavy atom. The van der Waals surface area contributed by atoms with Crippen molar-refractivity contribution in [2.75, 3.05) is 0 Å². The zero-order chi connectivity index (χ0) is 12.2. The van der Waals surface area contributed by atoms with E-state index >= 15 is 0 Å². The lowest BCUT2D eigenvalue weighted by molar-refractivity contribution is 0.301. The molecular formula is C14H23NO. The van der Waals surface area contributed by atoms with Crippen molar-refractivity contribution < 1.29 is 5.11 Å². The molecule has 1 rings (SSSR count). The van der Waals surface area contributed by atoms with Crippen molar-refractivity contribution in [3.05, 3.63) is 29.8 Å². The van der Waals surface area contributed by atoms with Gasteiger partial charge in [-0.2, -0.15) is 0 Å². The third-order valence-corrected chi connectivity index (χ3v) is 3.03. The van der Waals surface area contributed by atoms with E-state index in [1.165, 1.54) is 5.56 Å². The standard InChI is InChI=1S/C14H23NO/c1-14(2,3)13(15)6-4-5-11-7-9-12(16)10-8-11/h7-10,13,16H,4-6,15H2,1-3H3. The molecule has 0 aliphatic carbocycles. The van der Waals surface area contributed by atoms with E-state index in [4.69, 9.17) is 10.8 Å². The molecule has 0 aliphatic rings. The van der Waals surface area contributed by atoms with Gasteiger partial charge in [0.2, 0.25) is 0 Å². The van der Waals surface area contributed by atoms with Crippen LogP contribution in [0.15, 0.2) is 24.3 Å². The number of aromatic hydroxyl groups is 1. The summed E-state index contributed by atoms with van der Waals surface area (Å²) in [6.45, 7) is 6.54. The molecule has 0 radical (unpaired) electrons. The Kier molecular flexibility index (Phi) is 4.36. The van der Waals surface area contributed by atoms with Gasteiger partial charge >= 0.3 is 0 Å². The van der Waals surface area contributed by atoms with Gasteiger partial charge in [0, 0.05) is 6.04 Å². The summed E-state index contributed by atoms with van der Waals surface area (Å²) in [6, 6.07) is 7.66. The Morgan fingerprint density at radius 2 is 1.75 bits per heavy atom. The first-order valence-corrected chi connectivity index (χ1v) is 5.93. The minimum absolute atomic E-state index is 0.189. The van der Waals surface area contributed by atoms with E-state index in [0.717, 1.165) is 19.3 Å². The summed E-state index contributed by atoms with van der Waals surface area (Å²) in [6.07, 6.45) is 3.18. The van der Waals surface area contributed by atoms with Crippen LogP contribution in [0, 0.1) is 5.41 Å². The lowest BCUT2D eigenvalue weighted by atomic mass is 9.84. The number of hydrogen-bond acceptors (Lipinski definition) is 2. The average Bonchev–Trinajstić information content (AvgIpc) is 2.19. The van der Waals surface area contributed by atoms with Gasteiger partial charge in [0.25, 0.3) is 0 Å². The summed E-state index contributed by atoms with van der Waals surface area (Å²) in [4.78, 5) is 0. The lowest BCUT2D eigenvalue weighted by Gasteiger charge is -2.26. The number of phenolic OH excluding ortho intramolecular Hbond substituents is 1. The van der Waals surface area contributed by atoms with Crippen LogP contribution in [0.4, 0.5) is 0 Å². The topological polar surface area (TPSA) is 46.2 Å². The van der Waals surface area contributed by atoms with E-state index in [0.29, 0.717) is 5.75 Å². The molecule has 3 N–H and O–H groups in total. The first-order chi connectivity index (χ1) is 7.39. The quantitative estimate of drug-likeness (QED) is 0.820. The second-order valence-electron chi connectivity index (χ2n) is 5.53. The molecule has 0 spiro atoms. The van der Waals surface area contributed by atoms with Gasteiger partial charge in [-0.05, 0) is 42.4 Å². The van der Waals surface area contributed by atoms with E-state index in [2.05, 4.69) is 20.8 Å². The molecule has 0 fully saturated rings. The molecule has 0 aliphatic heterocycles. The Balaban J connectivity index is 2.33. The molecular weight excluding hydrogens is 198 g/mol. The van der Waals surface area contributed by atoms with Crippen LogP contribution in [0.25, 0.3) is 0 Å². The molecule has 2 heteroatoms. The first kappa shape index (κ1) is 13.0. The molecule has 0 heterocycles. The summed E-state index contributed by atoms with van der Waals surface area (Å²) in [5, 5.41) is 9.16. The highest BCUT2D eigenvalue weighted by molar-refractivity contribution is 5.25. The highest BCUT2D eigenvalue weighted by Gasteiger charge is 2.19. The van der Waals surface area contributed by atoms with Crippen LogP contribution >= 0.6 is 0 Å². The Morgan fingerprint density at radius 3 is 2.25 bits per heavy atom. The van der Waals surface area contributed by atoms with Gasteiger partial charge in [-0.15, -0.1) is 0 Å². The monoisotopic (exact) mass is 221 g/mol. The smallest absolute Gasteiger partial charge is 0.115 e. The van der Waals surface area contributed by atoms with Crippen molar-refractivity contribution in [3.63, 3.8) is 0 Å². The highest BCUT2D eigenvalue weighted by atomic mass is 16.3. The van der Waals surface area contributed by atoms with Crippen LogP contribution in [0.5, 0.6) is 5.75 Å². The van der Waals surface area contributed by atoms with Crippen LogP contribution in [0.1, 0.15) is 39.2 Å². The fourth-order valence-corrected chi connectivity index (χ4v) is 1.62. The lowest BCUT2D eigenvalue weighted by Crippen LogP contribution is -2.34. The van der Waals surface area contributed by atoms with Crippen molar-refractivity contribution in [1.29, 1.82) is 0 Å². The van der Waals surface area contributed by atoms with Gasteiger partial charge in [0.1, 0.15) is 5.75 Å². The molecule has 16 heavy (non-hydrogen) atoms. The van der Waals surface area contributed by atoms with Crippen LogP contribution in [-0.2, 0) is 6.42 Å². The van der Waals surface area contributed by atoms with Gasteiger partial charge < -0.3 is 10.8 Å². The van der Waals surface area contributed by atoms with Gasteiger partial charge in [-0.1, -0.05) is 32.9 Å². The number of aryl methyl sites for hydroxylation is 1. The molecule has 0 aromatic heterocycles. The molecule has 0 saturated heterocycles. The Hall–Kier alpha value is -1.02. The number of benzene rings is 1. The van der Waals surface area contributed by atoms with Crippen LogP contribution in [0.3, 0.4) is 0 Å². The largest absolute Gasteiger partial charge is 0.508 e. The van der Waals surface area contributed by atoms with E-state index in [1.807, 2.05) is 12.1 Å². The molecule has 1 aromatic rings. The summed E-state index contributed by atoms with van der Waals surface area (Å²) < 4.78 is 0. The average molecular weight is 221 g/mol. The van der Waals surface area contributed by atoms with E-state index < -0.39 is 0 Å². The molecule has 0 bridgehead atoms. The molecule has 0 saturated carbocycles. The minimum Gasteiger partial charge on any atom is -0.508 e. The van der Waals surface area contributed by atoms with Crippen molar-refractivity contribution in [2.45, 2.75) is 46.1 Å². The molecule has 1 atom stereocenters. The summed E-state index contributed by atoms with van der Waals surface area (Å²) in [5.41, 5.74) is 7.55. The third kappa shape index (κ3) is 4.23. The first-order valence-electron chi connectivity index (χ1n) is 5.93. The minimum atomic E-state index is 0.189. The second kappa shape index (κ2) is 5.35. The SMILES string of the molecule is CC(C)(C)C(N)CCCc1ccc(O)cc1. The van der Waals surface area contributed by atoms with Crippen LogP contribution in [0.2, 0.25) is 0 Å². The Labute approximate surface area is 98.5 Å². The summed E-state index contributed by atoms with van der Waals surface area (Å²) in [7, 11) is 0. The van der Waals surface area contributed by atoms with E-state index in [-0.39, 0.29) is 11.5 Å². The maximum atomic E-state index is 9.16. The normalized spacial score (nSPS) is 13.8. The molecule has 90 valence electrons. The zero-order valence-corrected chi connectivity index (χ0v) is 10.5. The van der Waals surface area contributed by atoms with Gasteiger partial charge in [-0.25, -0.2) is 0 Å². The third-order valence-electron chi connectivity index (χ3n) is 3.03. The van der Waals surface area contributed by atoms with Crippen molar-refractivity contribution in [2.24, 2.45) is 11.1 Å². The van der Waals surface area contributed by atoms with Gasteiger partial charge in [0.05, 0.1) is 0 Å². The highest BCUT2D eigenvalue weighted by Crippen LogP contribution is 2.21. The number of phenols is 1. The maximum Gasteiger partial charge on any atom is 0.115 e. The number of nitrogens with two attached hydrogens (primary N) is 1. The maximum absolute atomic E-state index is 9.16. The predicted molar refractivity (Wildman–Crippen MR) is 68.5 cm³/mol. The fraction of sp³-hybridized carbons (Fsp3) is 0.571. The Bertz CT molecular complexity index is 311. The molecule has 0 amide bonds. The number of hydrogen-bond donors (Lipinski definition) is 2. The number of rotatable bonds is 4. The molecule has 2 nitrogen and oxygen atoms in total. The zero-order valence-electron chi connectivity index (χ0n) is 10.5.